The molecule has 0 fully saturated rings. The second-order valence-electron chi connectivity index (χ2n) is 5.08. The van der Waals surface area contributed by atoms with Crippen LogP contribution in [0.2, 0.25) is 0 Å². The Balaban J connectivity index is 2.13. The molecular weight excluding hydrogens is 276 g/mol. The molecule has 0 aliphatic heterocycles. The molecule has 0 spiro atoms. The van der Waals surface area contributed by atoms with Crippen LogP contribution in [0.3, 0.4) is 0 Å². The zero-order valence-corrected chi connectivity index (χ0v) is 12.3. The van der Waals surface area contributed by atoms with E-state index in [1.807, 2.05) is 48.0 Å². The smallest absolute Gasteiger partial charge is 0.266 e. The summed E-state index contributed by atoms with van der Waals surface area (Å²) in [6.07, 6.45) is 5.34. The number of aromatic nitrogens is 3. The molecule has 0 atom stereocenters. The topological polar surface area (TPSA) is 74.5 Å². The van der Waals surface area contributed by atoms with Crippen molar-refractivity contribution >= 4 is 0 Å². The fraction of sp³-hybridized carbons (Fsp3) is 0.118. The third-order valence-electron chi connectivity index (χ3n) is 3.72. The number of pyridine rings is 1. The number of nitriles is 1. The van der Waals surface area contributed by atoms with Crippen LogP contribution in [0.1, 0.15) is 16.8 Å². The maximum atomic E-state index is 11.8. The lowest BCUT2D eigenvalue weighted by atomic mass is 9.96. The lowest BCUT2D eigenvalue weighted by molar-refractivity contribution is 1.06. The van der Waals surface area contributed by atoms with E-state index in [-0.39, 0.29) is 11.1 Å². The molecule has 0 saturated carbocycles. The van der Waals surface area contributed by atoms with Gasteiger partial charge in [-0.25, -0.2) is 4.98 Å². The number of hydrogen-bond donors (Lipinski definition) is 1. The van der Waals surface area contributed by atoms with Gasteiger partial charge >= 0.3 is 0 Å². The minimum atomic E-state index is -0.337. The van der Waals surface area contributed by atoms with Gasteiger partial charge in [-0.15, -0.1) is 0 Å². The average Bonchev–Trinajstić information content (AvgIpc) is 3.02. The van der Waals surface area contributed by atoms with Crippen molar-refractivity contribution in [3.63, 3.8) is 0 Å². The number of aromatic amines is 1. The van der Waals surface area contributed by atoms with Gasteiger partial charge < -0.3 is 9.55 Å². The molecule has 108 valence electrons. The summed E-state index contributed by atoms with van der Waals surface area (Å²) in [7, 11) is 0. The minimum Gasteiger partial charge on any atom is -0.325 e. The largest absolute Gasteiger partial charge is 0.325 e. The van der Waals surface area contributed by atoms with Crippen LogP contribution >= 0.6 is 0 Å². The van der Waals surface area contributed by atoms with Crippen LogP contribution in [0, 0.1) is 25.2 Å². The Morgan fingerprint density at radius 3 is 2.55 bits per heavy atom. The van der Waals surface area contributed by atoms with Gasteiger partial charge in [0.05, 0.1) is 6.33 Å². The Morgan fingerprint density at radius 1 is 1.23 bits per heavy atom. The van der Waals surface area contributed by atoms with Gasteiger partial charge in [0, 0.05) is 29.3 Å². The monoisotopic (exact) mass is 290 g/mol. The molecule has 0 unspecified atom stereocenters. The number of hydrogen-bond acceptors (Lipinski definition) is 3. The second-order valence-corrected chi connectivity index (χ2v) is 5.08. The molecule has 0 saturated heterocycles. The van der Waals surface area contributed by atoms with Crippen molar-refractivity contribution in [1.82, 2.24) is 14.5 Å². The maximum Gasteiger partial charge on any atom is 0.266 e. The standard InChI is InChI=1S/C17H14N4O/c1-11-15(9-18)17(22)20-12(2)16(11)13-3-5-14(6-4-13)21-8-7-19-10-21/h3-8,10H,1-2H3,(H,20,22). The van der Waals surface area contributed by atoms with E-state index in [1.165, 1.54) is 0 Å². The number of rotatable bonds is 2. The molecule has 2 heterocycles. The molecule has 3 rings (SSSR count). The minimum absolute atomic E-state index is 0.166. The number of nitrogens with zero attached hydrogens (tertiary/aromatic N) is 3. The summed E-state index contributed by atoms with van der Waals surface area (Å²) < 4.78 is 1.91. The number of nitrogens with one attached hydrogen (secondary N) is 1. The highest BCUT2D eigenvalue weighted by molar-refractivity contribution is 5.72. The van der Waals surface area contributed by atoms with Crippen LogP contribution in [0.5, 0.6) is 0 Å². The first-order chi connectivity index (χ1) is 10.6. The molecule has 3 aromatic rings. The fourth-order valence-corrected chi connectivity index (χ4v) is 2.65. The van der Waals surface area contributed by atoms with Crippen LogP contribution in [0.15, 0.2) is 47.8 Å². The Labute approximate surface area is 127 Å². The fourth-order valence-electron chi connectivity index (χ4n) is 2.65. The Hall–Kier alpha value is -3.13. The van der Waals surface area contributed by atoms with Gasteiger partial charge in [0.15, 0.2) is 0 Å². The van der Waals surface area contributed by atoms with E-state index in [0.717, 1.165) is 22.5 Å². The molecule has 22 heavy (non-hydrogen) atoms. The van der Waals surface area contributed by atoms with Crippen LogP contribution in [-0.2, 0) is 0 Å². The van der Waals surface area contributed by atoms with Crippen LogP contribution in [0.4, 0.5) is 0 Å². The summed E-state index contributed by atoms with van der Waals surface area (Å²) in [6.45, 7) is 3.65. The molecule has 0 aliphatic carbocycles. The van der Waals surface area contributed by atoms with Gasteiger partial charge in [0.2, 0.25) is 0 Å². The molecule has 2 aromatic heterocycles. The molecule has 5 nitrogen and oxygen atoms in total. The predicted molar refractivity (Wildman–Crippen MR) is 83.8 cm³/mol. The van der Waals surface area contributed by atoms with Crippen molar-refractivity contribution in [3.05, 3.63) is 70.2 Å². The summed E-state index contributed by atoms with van der Waals surface area (Å²) in [5.41, 5.74) is 4.16. The first-order valence-corrected chi connectivity index (χ1v) is 6.84. The van der Waals surface area contributed by atoms with Crippen molar-refractivity contribution in [2.24, 2.45) is 0 Å². The molecule has 5 heteroatoms. The lowest BCUT2D eigenvalue weighted by Crippen LogP contribution is -2.15. The quantitative estimate of drug-likeness (QED) is 0.788. The third kappa shape index (κ3) is 2.21. The van der Waals surface area contributed by atoms with E-state index < -0.39 is 0 Å². The highest BCUT2D eigenvalue weighted by atomic mass is 16.1. The third-order valence-corrected chi connectivity index (χ3v) is 3.72. The molecule has 1 N–H and O–H groups in total. The summed E-state index contributed by atoms with van der Waals surface area (Å²) in [4.78, 5) is 18.6. The highest BCUT2D eigenvalue weighted by Crippen LogP contribution is 2.27. The summed E-state index contributed by atoms with van der Waals surface area (Å²) in [5.74, 6) is 0. The van der Waals surface area contributed by atoms with E-state index >= 15 is 0 Å². The summed E-state index contributed by atoms with van der Waals surface area (Å²) in [5, 5.41) is 9.15. The van der Waals surface area contributed by atoms with E-state index in [4.69, 9.17) is 5.26 Å². The number of benzene rings is 1. The molecular formula is C17H14N4O. The van der Waals surface area contributed by atoms with Gasteiger partial charge in [0.25, 0.3) is 5.56 Å². The van der Waals surface area contributed by atoms with E-state index in [9.17, 15) is 4.79 Å². The van der Waals surface area contributed by atoms with Crippen LogP contribution in [0.25, 0.3) is 16.8 Å². The van der Waals surface area contributed by atoms with Crippen molar-refractivity contribution in [3.8, 4) is 22.9 Å². The highest BCUT2D eigenvalue weighted by Gasteiger charge is 2.13. The zero-order chi connectivity index (χ0) is 15.7. The molecule has 0 aliphatic rings. The normalized spacial score (nSPS) is 10.4. The first-order valence-electron chi connectivity index (χ1n) is 6.84. The van der Waals surface area contributed by atoms with Crippen molar-refractivity contribution < 1.29 is 0 Å². The van der Waals surface area contributed by atoms with E-state index in [1.54, 1.807) is 19.4 Å². The van der Waals surface area contributed by atoms with E-state index in [2.05, 4.69) is 9.97 Å². The molecule has 1 aromatic carbocycles. The van der Waals surface area contributed by atoms with Gasteiger partial charge in [-0.2, -0.15) is 5.26 Å². The zero-order valence-electron chi connectivity index (χ0n) is 12.3. The molecule has 0 radical (unpaired) electrons. The Morgan fingerprint density at radius 2 is 1.95 bits per heavy atom. The van der Waals surface area contributed by atoms with E-state index in [0.29, 0.717) is 5.56 Å². The van der Waals surface area contributed by atoms with Crippen molar-refractivity contribution in [2.75, 3.05) is 0 Å². The van der Waals surface area contributed by atoms with Gasteiger partial charge in [-0.05, 0) is 37.1 Å². The molecule has 0 amide bonds. The Kier molecular flexibility index (Phi) is 3.36. The lowest BCUT2D eigenvalue weighted by Gasteiger charge is -2.12. The van der Waals surface area contributed by atoms with Crippen LogP contribution < -0.4 is 5.56 Å². The van der Waals surface area contributed by atoms with Crippen molar-refractivity contribution in [2.45, 2.75) is 13.8 Å². The maximum absolute atomic E-state index is 11.8. The SMILES string of the molecule is Cc1[nH]c(=O)c(C#N)c(C)c1-c1ccc(-n2ccnc2)cc1. The summed E-state index contributed by atoms with van der Waals surface area (Å²) in [6, 6.07) is 9.89. The number of aryl methyl sites for hydroxylation is 1. The second kappa shape index (κ2) is 5.34. The van der Waals surface area contributed by atoms with Crippen molar-refractivity contribution in [1.29, 1.82) is 5.26 Å². The Bertz CT molecular complexity index is 913. The number of imidazole rings is 1. The average molecular weight is 290 g/mol. The van der Waals surface area contributed by atoms with Gasteiger partial charge in [-0.3, -0.25) is 4.79 Å². The first kappa shape index (κ1) is 13.8. The summed E-state index contributed by atoms with van der Waals surface area (Å²) >= 11 is 0. The number of H-pyrrole nitrogens is 1. The molecule has 0 bridgehead atoms. The predicted octanol–water partition coefficient (Wildman–Crippen LogP) is 2.72. The van der Waals surface area contributed by atoms with Crippen LogP contribution in [-0.4, -0.2) is 14.5 Å². The van der Waals surface area contributed by atoms with Gasteiger partial charge in [-0.1, -0.05) is 12.1 Å². The van der Waals surface area contributed by atoms with Gasteiger partial charge in [0.1, 0.15) is 11.6 Å².